The van der Waals surface area contributed by atoms with E-state index in [9.17, 15) is 12.8 Å². The van der Waals surface area contributed by atoms with Gasteiger partial charge in [0.15, 0.2) is 11.0 Å². The fourth-order valence-corrected chi connectivity index (χ4v) is 3.82. The molecule has 2 aromatic heterocycles. The third kappa shape index (κ3) is 3.18. The number of rotatable bonds is 2. The molecule has 7 nitrogen and oxygen atoms in total. The molecule has 1 atom stereocenters. The second kappa shape index (κ2) is 5.97. The maximum absolute atomic E-state index is 14.1. The number of nitrogens with two attached hydrogens (primary N) is 1. The van der Waals surface area contributed by atoms with E-state index in [1.165, 1.54) is 6.20 Å². The van der Waals surface area contributed by atoms with Crippen molar-refractivity contribution in [1.82, 2.24) is 15.0 Å². The van der Waals surface area contributed by atoms with Crippen LogP contribution in [0.4, 0.5) is 10.2 Å². The maximum atomic E-state index is 14.1. The van der Waals surface area contributed by atoms with Gasteiger partial charge in [0.25, 0.3) is 0 Å². The Balaban J connectivity index is 2.11. The predicted octanol–water partition coefficient (Wildman–Crippen LogP) is 1.73. The van der Waals surface area contributed by atoms with E-state index in [2.05, 4.69) is 15.0 Å². The Morgan fingerprint density at radius 1 is 1.35 bits per heavy atom. The van der Waals surface area contributed by atoms with Crippen LogP contribution in [0.1, 0.15) is 12.8 Å². The zero-order chi connectivity index (χ0) is 16.8. The van der Waals surface area contributed by atoms with Gasteiger partial charge in [-0.15, -0.1) is 0 Å². The largest absolute Gasteiger partial charge is 0.355 e. The van der Waals surface area contributed by atoms with E-state index >= 15 is 0 Å². The molecule has 0 saturated carbocycles. The molecule has 3 heterocycles. The van der Waals surface area contributed by atoms with Gasteiger partial charge >= 0.3 is 0 Å². The first-order valence-electron chi connectivity index (χ1n) is 6.71. The molecule has 1 aliphatic rings. The molecule has 0 bridgehead atoms. The van der Waals surface area contributed by atoms with Gasteiger partial charge in [-0.05, 0) is 24.4 Å². The Labute approximate surface area is 141 Å². The van der Waals surface area contributed by atoms with Gasteiger partial charge in [-0.1, -0.05) is 11.6 Å². The van der Waals surface area contributed by atoms with E-state index in [1.807, 2.05) is 0 Å². The van der Waals surface area contributed by atoms with E-state index in [-0.39, 0.29) is 22.5 Å². The molecule has 2 aromatic rings. The third-order valence-electron chi connectivity index (χ3n) is 3.74. The smallest absolute Gasteiger partial charge is 0.225 e. The van der Waals surface area contributed by atoms with Gasteiger partial charge in [-0.25, -0.2) is 27.9 Å². The van der Waals surface area contributed by atoms with E-state index < -0.39 is 21.1 Å². The normalized spacial score (nSPS) is 19.3. The second-order valence-electron chi connectivity index (χ2n) is 5.24. The molecule has 1 saturated heterocycles. The first kappa shape index (κ1) is 16.6. The van der Waals surface area contributed by atoms with E-state index in [0.29, 0.717) is 30.6 Å². The quantitative estimate of drug-likeness (QED) is 0.629. The molecule has 23 heavy (non-hydrogen) atoms. The summed E-state index contributed by atoms with van der Waals surface area (Å²) in [7, 11) is -3.67. The Hall–Kier alpha value is -1.29. The lowest BCUT2D eigenvalue weighted by Gasteiger charge is -2.32. The van der Waals surface area contributed by atoms with Crippen LogP contribution in [0.5, 0.6) is 0 Å². The first-order chi connectivity index (χ1) is 10.8. The topological polar surface area (TPSA) is 102 Å². The number of hydrogen-bond donors (Lipinski definition) is 1. The molecular formula is C12H12Cl2FN5O2S. The van der Waals surface area contributed by atoms with Crippen LogP contribution in [-0.4, -0.2) is 41.7 Å². The van der Waals surface area contributed by atoms with Gasteiger partial charge in [-0.2, -0.15) is 4.98 Å². The average molecular weight is 380 g/mol. The summed E-state index contributed by atoms with van der Waals surface area (Å²) in [6, 6.07) is 0. The number of anilines is 1. The van der Waals surface area contributed by atoms with Gasteiger partial charge in [0, 0.05) is 19.3 Å². The molecule has 0 amide bonds. The van der Waals surface area contributed by atoms with Crippen LogP contribution in [0.2, 0.25) is 10.4 Å². The molecule has 0 aromatic carbocycles. The van der Waals surface area contributed by atoms with E-state index in [4.69, 9.17) is 28.3 Å². The van der Waals surface area contributed by atoms with Crippen molar-refractivity contribution < 1.29 is 12.8 Å². The maximum Gasteiger partial charge on any atom is 0.225 e. The number of piperidine rings is 1. The number of nitrogens with zero attached hydrogens (tertiary/aromatic N) is 4. The lowest BCUT2D eigenvalue weighted by atomic mass is 10.1. The van der Waals surface area contributed by atoms with Crippen LogP contribution in [0.25, 0.3) is 10.9 Å². The number of primary sulfonamides is 1. The molecule has 1 fully saturated rings. The summed E-state index contributed by atoms with van der Waals surface area (Å²) in [5, 5.41) is 4.35. The van der Waals surface area contributed by atoms with Crippen LogP contribution in [0.15, 0.2) is 6.20 Å². The molecule has 0 radical (unpaired) electrons. The fraction of sp³-hybridized carbons (Fsp3) is 0.417. The Kier molecular flexibility index (Phi) is 4.30. The Morgan fingerprint density at radius 2 is 2.09 bits per heavy atom. The molecule has 1 aliphatic heterocycles. The minimum absolute atomic E-state index is 0.0577. The first-order valence-corrected chi connectivity index (χ1v) is 9.07. The number of pyridine rings is 1. The van der Waals surface area contributed by atoms with Crippen molar-refractivity contribution >= 4 is 49.9 Å². The zero-order valence-corrected chi connectivity index (χ0v) is 14.0. The van der Waals surface area contributed by atoms with Gasteiger partial charge in [0.1, 0.15) is 11.3 Å². The number of halogens is 3. The average Bonchev–Trinajstić information content (AvgIpc) is 2.50. The standard InChI is InChI=1S/C12H12Cl2FN5O2S/c13-10-8(15)9-7(4-17-10)11(19-12(14)18-9)20-3-1-2-6(5-20)23(16,21)22/h4,6H,1-3,5H2,(H2,16,21,22). The monoisotopic (exact) mass is 379 g/mol. The molecule has 1 unspecified atom stereocenters. The Morgan fingerprint density at radius 3 is 2.78 bits per heavy atom. The summed E-state index contributed by atoms with van der Waals surface area (Å²) in [4.78, 5) is 13.4. The highest BCUT2D eigenvalue weighted by Crippen LogP contribution is 2.31. The van der Waals surface area contributed by atoms with Crippen molar-refractivity contribution in [2.75, 3.05) is 18.0 Å². The number of aromatic nitrogens is 3. The summed E-state index contributed by atoms with van der Waals surface area (Å²) < 4.78 is 37.3. The summed E-state index contributed by atoms with van der Waals surface area (Å²) in [6.07, 6.45) is 2.41. The van der Waals surface area contributed by atoms with Crippen molar-refractivity contribution in [3.05, 3.63) is 22.5 Å². The highest BCUT2D eigenvalue weighted by molar-refractivity contribution is 7.89. The number of fused-ring (bicyclic) bond motifs is 1. The predicted molar refractivity (Wildman–Crippen MR) is 85.7 cm³/mol. The van der Waals surface area contributed by atoms with Gasteiger partial charge in [0.05, 0.1) is 10.6 Å². The molecule has 0 aliphatic carbocycles. The van der Waals surface area contributed by atoms with Crippen molar-refractivity contribution in [2.45, 2.75) is 18.1 Å². The summed E-state index contributed by atoms with van der Waals surface area (Å²) in [5.74, 6) is -0.480. The van der Waals surface area contributed by atoms with Crippen molar-refractivity contribution in [1.29, 1.82) is 0 Å². The van der Waals surface area contributed by atoms with Crippen molar-refractivity contribution in [3.63, 3.8) is 0 Å². The molecule has 124 valence electrons. The highest BCUT2D eigenvalue weighted by Gasteiger charge is 2.30. The van der Waals surface area contributed by atoms with Crippen LogP contribution in [0.3, 0.4) is 0 Å². The SMILES string of the molecule is NS(=O)(=O)C1CCCN(c2nc(Cl)nc3c(F)c(Cl)ncc23)C1. The number of sulfonamides is 1. The van der Waals surface area contributed by atoms with Gasteiger partial charge in [-0.3, -0.25) is 0 Å². The molecular weight excluding hydrogens is 368 g/mol. The summed E-state index contributed by atoms with van der Waals surface area (Å²) in [6.45, 7) is 0.685. The lowest BCUT2D eigenvalue weighted by molar-refractivity contribution is 0.531. The van der Waals surface area contributed by atoms with E-state index in [0.717, 1.165) is 0 Å². The van der Waals surface area contributed by atoms with Crippen LogP contribution >= 0.6 is 23.2 Å². The molecule has 2 N–H and O–H groups in total. The highest BCUT2D eigenvalue weighted by atomic mass is 35.5. The second-order valence-corrected chi connectivity index (χ2v) is 7.78. The minimum Gasteiger partial charge on any atom is -0.355 e. The zero-order valence-electron chi connectivity index (χ0n) is 11.7. The molecule has 0 spiro atoms. The lowest BCUT2D eigenvalue weighted by Crippen LogP contribution is -2.45. The van der Waals surface area contributed by atoms with Crippen LogP contribution < -0.4 is 10.0 Å². The van der Waals surface area contributed by atoms with Gasteiger partial charge < -0.3 is 4.90 Å². The van der Waals surface area contributed by atoms with Gasteiger partial charge in [0.2, 0.25) is 15.3 Å². The third-order valence-corrected chi connectivity index (χ3v) is 5.48. The molecule has 11 heteroatoms. The summed E-state index contributed by atoms with van der Waals surface area (Å²) >= 11 is 11.5. The Bertz CT molecular complexity index is 879. The number of hydrogen-bond acceptors (Lipinski definition) is 6. The van der Waals surface area contributed by atoms with Crippen molar-refractivity contribution in [2.24, 2.45) is 5.14 Å². The van der Waals surface area contributed by atoms with Crippen LogP contribution in [0, 0.1) is 5.82 Å². The van der Waals surface area contributed by atoms with Crippen LogP contribution in [-0.2, 0) is 10.0 Å². The minimum atomic E-state index is -3.67. The van der Waals surface area contributed by atoms with E-state index in [1.54, 1.807) is 4.90 Å². The molecule has 3 rings (SSSR count). The fourth-order valence-electron chi connectivity index (χ4n) is 2.63. The van der Waals surface area contributed by atoms with Crippen molar-refractivity contribution in [3.8, 4) is 0 Å². The summed E-state index contributed by atoms with van der Waals surface area (Å²) in [5.41, 5.74) is -0.0577.